The van der Waals surface area contributed by atoms with Crippen molar-refractivity contribution in [2.75, 3.05) is 19.6 Å². The molecule has 3 heterocycles. The van der Waals surface area contributed by atoms with Gasteiger partial charge in [-0.15, -0.1) is 0 Å². The summed E-state index contributed by atoms with van der Waals surface area (Å²) >= 11 is 0. The molecule has 2 aliphatic heterocycles. The maximum Gasteiger partial charge on any atom is 0.260 e. The predicted octanol–water partition coefficient (Wildman–Crippen LogP) is 1.29. The van der Waals surface area contributed by atoms with E-state index in [-0.39, 0.29) is 17.0 Å². The largest absolute Gasteiger partial charge is 0.338 e. The van der Waals surface area contributed by atoms with Crippen molar-refractivity contribution in [3.05, 3.63) is 33.7 Å². The van der Waals surface area contributed by atoms with Crippen LogP contribution in [0.5, 0.6) is 0 Å². The summed E-state index contributed by atoms with van der Waals surface area (Å²) in [6, 6.07) is 3.97. The monoisotopic (exact) mass is 289 g/mol. The van der Waals surface area contributed by atoms with Crippen LogP contribution in [0, 0.1) is 12.8 Å². The number of H-pyrrole nitrogens is 1. The number of hydrogen-bond donors (Lipinski definition) is 2. The first-order chi connectivity index (χ1) is 10.1. The SMILES string of the molecule is Cc1ccc(C(=O)N2CCCC(C3CCCN3)C2)c(=O)[nH]1. The van der Waals surface area contributed by atoms with Crippen LogP contribution in [0.25, 0.3) is 0 Å². The average molecular weight is 289 g/mol. The Kier molecular flexibility index (Phi) is 4.10. The maximum absolute atomic E-state index is 12.6. The second-order valence-corrected chi connectivity index (χ2v) is 6.24. The molecule has 2 N–H and O–H groups in total. The zero-order valence-electron chi connectivity index (χ0n) is 12.5. The fourth-order valence-electron chi connectivity index (χ4n) is 3.55. The molecule has 0 bridgehead atoms. The van der Waals surface area contributed by atoms with Crippen molar-refractivity contribution in [1.82, 2.24) is 15.2 Å². The van der Waals surface area contributed by atoms with Gasteiger partial charge in [0.2, 0.25) is 0 Å². The van der Waals surface area contributed by atoms with Crippen molar-refractivity contribution >= 4 is 5.91 Å². The third-order valence-corrected chi connectivity index (χ3v) is 4.70. The summed E-state index contributed by atoms with van der Waals surface area (Å²) in [6.07, 6.45) is 4.63. The third kappa shape index (κ3) is 3.02. The van der Waals surface area contributed by atoms with E-state index in [2.05, 4.69) is 10.3 Å². The number of pyridine rings is 1. The second-order valence-electron chi connectivity index (χ2n) is 6.24. The highest BCUT2D eigenvalue weighted by atomic mass is 16.2. The lowest BCUT2D eigenvalue weighted by atomic mass is 9.89. The van der Waals surface area contributed by atoms with Gasteiger partial charge in [0.05, 0.1) is 0 Å². The van der Waals surface area contributed by atoms with E-state index in [0.717, 1.165) is 31.7 Å². The van der Waals surface area contributed by atoms with Crippen molar-refractivity contribution in [2.45, 2.75) is 38.6 Å². The fraction of sp³-hybridized carbons (Fsp3) is 0.625. The van der Waals surface area contributed by atoms with Crippen LogP contribution < -0.4 is 10.9 Å². The highest BCUT2D eigenvalue weighted by Gasteiger charge is 2.31. The number of nitrogens with one attached hydrogen (secondary N) is 2. The van der Waals surface area contributed by atoms with Crippen LogP contribution in [-0.4, -0.2) is 41.5 Å². The zero-order valence-corrected chi connectivity index (χ0v) is 12.5. The lowest BCUT2D eigenvalue weighted by Crippen LogP contribution is -2.46. The molecule has 114 valence electrons. The maximum atomic E-state index is 12.6. The van der Waals surface area contributed by atoms with E-state index >= 15 is 0 Å². The summed E-state index contributed by atoms with van der Waals surface area (Å²) in [5.41, 5.74) is 0.768. The van der Waals surface area contributed by atoms with Gasteiger partial charge in [0.15, 0.2) is 0 Å². The summed E-state index contributed by atoms with van der Waals surface area (Å²) in [6.45, 7) is 4.43. The van der Waals surface area contributed by atoms with E-state index in [1.54, 1.807) is 12.1 Å². The molecular formula is C16H23N3O2. The van der Waals surface area contributed by atoms with Crippen LogP contribution in [0.15, 0.2) is 16.9 Å². The van der Waals surface area contributed by atoms with Crippen molar-refractivity contribution < 1.29 is 4.79 Å². The normalized spacial score (nSPS) is 26.0. The van der Waals surface area contributed by atoms with Gasteiger partial charge < -0.3 is 15.2 Å². The molecule has 5 nitrogen and oxygen atoms in total. The summed E-state index contributed by atoms with van der Waals surface area (Å²) in [5.74, 6) is 0.397. The van der Waals surface area contributed by atoms with E-state index in [9.17, 15) is 9.59 Å². The lowest BCUT2D eigenvalue weighted by Gasteiger charge is -2.35. The highest BCUT2D eigenvalue weighted by Crippen LogP contribution is 2.25. The van der Waals surface area contributed by atoms with Crippen LogP contribution in [0.1, 0.15) is 41.7 Å². The van der Waals surface area contributed by atoms with Crippen molar-refractivity contribution in [3.63, 3.8) is 0 Å². The van der Waals surface area contributed by atoms with Gasteiger partial charge in [0.25, 0.3) is 11.5 Å². The zero-order chi connectivity index (χ0) is 14.8. The Morgan fingerprint density at radius 2 is 2.14 bits per heavy atom. The number of carbonyl (C=O) groups is 1. The molecule has 0 spiro atoms. The quantitative estimate of drug-likeness (QED) is 0.862. The van der Waals surface area contributed by atoms with Gasteiger partial charge in [0, 0.05) is 24.8 Å². The van der Waals surface area contributed by atoms with Gasteiger partial charge in [-0.1, -0.05) is 0 Å². The average Bonchev–Trinajstić information content (AvgIpc) is 3.01. The van der Waals surface area contributed by atoms with Crippen LogP contribution in [0.3, 0.4) is 0 Å². The number of piperidine rings is 1. The molecule has 0 aliphatic carbocycles. The Balaban J connectivity index is 1.73. The fourth-order valence-corrected chi connectivity index (χ4v) is 3.55. The summed E-state index contributed by atoms with van der Waals surface area (Å²) in [7, 11) is 0. The highest BCUT2D eigenvalue weighted by molar-refractivity contribution is 5.93. The molecule has 2 unspecified atom stereocenters. The minimum atomic E-state index is -0.277. The number of likely N-dealkylation sites (tertiary alicyclic amines) is 1. The standard InChI is InChI=1S/C16H23N3O2/c1-11-6-7-13(15(20)18-11)16(21)19-9-3-4-12(10-19)14-5-2-8-17-14/h6-7,12,14,17H,2-5,8-10H2,1H3,(H,18,20). The van der Waals surface area contributed by atoms with Gasteiger partial charge in [-0.2, -0.15) is 0 Å². The Hall–Kier alpha value is -1.62. The molecule has 0 aromatic carbocycles. The molecule has 0 radical (unpaired) electrons. The summed E-state index contributed by atoms with van der Waals surface area (Å²) in [5, 5.41) is 3.54. The molecule has 0 saturated carbocycles. The lowest BCUT2D eigenvalue weighted by molar-refractivity contribution is 0.0649. The molecule has 2 aliphatic rings. The molecule has 2 atom stereocenters. The van der Waals surface area contributed by atoms with E-state index in [0.29, 0.717) is 12.0 Å². The number of rotatable bonds is 2. The molecule has 2 saturated heterocycles. The van der Waals surface area contributed by atoms with Gasteiger partial charge in [0.1, 0.15) is 5.56 Å². The smallest absolute Gasteiger partial charge is 0.260 e. The Morgan fingerprint density at radius 1 is 1.29 bits per heavy atom. The predicted molar refractivity (Wildman–Crippen MR) is 81.5 cm³/mol. The van der Waals surface area contributed by atoms with Gasteiger partial charge in [-0.05, 0) is 57.2 Å². The molecule has 5 heteroatoms. The van der Waals surface area contributed by atoms with Gasteiger partial charge >= 0.3 is 0 Å². The molecule has 1 aromatic rings. The number of hydrogen-bond acceptors (Lipinski definition) is 3. The van der Waals surface area contributed by atoms with Crippen LogP contribution in [0.4, 0.5) is 0 Å². The van der Waals surface area contributed by atoms with Crippen molar-refractivity contribution in [2.24, 2.45) is 5.92 Å². The number of aromatic amines is 1. The molecule has 21 heavy (non-hydrogen) atoms. The minimum absolute atomic E-state index is 0.126. The van der Waals surface area contributed by atoms with E-state index in [1.807, 2.05) is 11.8 Å². The van der Waals surface area contributed by atoms with Crippen LogP contribution in [0.2, 0.25) is 0 Å². The summed E-state index contributed by atoms with van der Waals surface area (Å²) < 4.78 is 0. The van der Waals surface area contributed by atoms with E-state index in [4.69, 9.17) is 0 Å². The number of aryl methyl sites for hydroxylation is 1. The van der Waals surface area contributed by atoms with Crippen molar-refractivity contribution in [3.8, 4) is 0 Å². The van der Waals surface area contributed by atoms with Gasteiger partial charge in [-0.3, -0.25) is 9.59 Å². The Bertz CT molecular complexity index is 575. The van der Waals surface area contributed by atoms with E-state index < -0.39 is 0 Å². The Labute approximate surface area is 124 Å². The molecule has 1 aromatic heterocycles. The first-order valence-corrected chi connectivity index (χ1v) is 7.88. The number of carbonyl (C=O) groups excluding carboxylic acids is 1. The van der Waals surface area contributed by atoms with Crippen LogP contribution in [-0.2, 0) is 0 Å². The molecule has 3 rings (SSSR count). The topological polar surface area (TPSA) is 65.2 Å². The molecule has 1 amide bonds. The molecular weight excluding hydrogens is 266 g/mol. The first kappa shape index (κ1) is 14.3. The van der Waals surface area contributed by atoms with Gasteiger partial charge in [-0.25, -0.2) is 0 Å². The molecule has 2 fully saturated rings. The first-order valence-electron chi connectivity index (χ1n) is 7.88. The summed E-state index contributed by atoms with van der Waals surface area (Å²) in [4.78, 5) is 29.1. The van der Waals surface area contributed by atoms with Crippen LogP contribution >= 0.6 is 0 Å². The number of aromatic nitrogens is 1. The second kappa shape index (κ2) is 6.02. The van der Waals surface area contributed by atoms with E-state index in [1.165, 1.54) is 19.3 Å². The number of amides is 1. The Morgan fingerprint density at radius 3 is 2.86 bits per heavy atom. The van der Waals surface area contributed by atoms with Crippen molar-refractivity contribution in [1.29, 1.82) is 0 Å². The minimum Gasteiger partial charge on any atom is -0.338 e. The third-order valence-electron chi connectivity index (χ3n) is 4.70. The number of nitrogens with zero attached hydrogens (tertiary/aromatic N) is 1.